The van der Waals surface area contributed by atoms with Crippen LogP contribution in [-0.4, -0.2) is 42.9 Å². The number of carbonyl (C=O) groups excluding carboxylic acids is 2. The first-order valence-corrected chi connectivity index (χ1v) is 6.12. The van der Waals surface area contributed by atoms with E-state index in [0.29, 0.717) is 19.6 Å². The number of carbonyl (C=O) groups is 2. The lowest BCUT2D eigenvalue weighted by Gasteiger charge is -2.30. The molecule has 1 unspecified atom stereocenters. The van der Waals surface area contributed by atoms with Gasteiger partial charge in [0.25, 0.3) is 0 Å². The van der Waals surface area contributed by atoms with Crippen molar-refractivity contribution in [3.05, 3.63) is 0 Å². The number of hydrogen-bond acceptors (Lipinski definition) is 4. The molecule has 4 heteroatoms. The summed E-state index contributed by atoms with van der Waals surface area (Å²) in [7, 11) is 0. The van der Waals surface area contributed by atoms with Crippen LogP contribution in [0.4, 0.5) is 0 Å². The van der Waals surface area contributed by atoms with Crippen LogP contribution < -0.4 is 0 Å². The van der Waals surface area contributed by atoms with E-state index >= 15 is 0 Å². The lowest BCUT2D eigenvalue weighted by Crippen LogP contribution is -2.45. The van der Waals surface area contributed by atoms with E-state index in [0.717, 1.165) is 19.0 Å². The van der Waals surface area contributed by atoms with Gasteiger partial charge < -0.3 is 9.64 Å². The molecule has 16 heavy (non-hydrogen) atoms. The van der Waals surface area contributed by atoms with Crippen LogP contribution >= 0.6 is 0 Å². The van der Waals surface area contributed by atoms with Crippen LogP contribution in [0.25, 0.3) is 0 Å². The number of hydrogen-bond donors (Lipinski definition) is 0. The number of esters is 1. The van der Waals surface area contributed by atoms with Gasteiger partial charge in [0.15, 0.2) is 0 Å². The summed E-state index contributed by atoms with van der Waals surface area (Å²) in [5.41, 5.74) is 0. The van der Waals surface area contributed by atoms with E-state index in [1.54, 1.807) is 6.92 Å². The van der Waals surface area contributed by atoms with Gasteiger partial charge in [0.2, 0.25) is 0 Å². The zero-order valence-electron chi connectivity index (χ0n) is 9.78. The second-order valence-electron chi connectivity index (χ2n) is 4.72. The van der Waals surface area contributed by atoms with Gasteiger partial charge >= 0.3 is 5.97 Å². The summed E-state index contributed by atoms with van der Waals surface area (Å²) in [4.78, 5) is 25.5. The fourth-order valence-electron chi connectivity index (χ4n) is 2.17. The maximum atomic E-state index is 11.6. The Bertz CT molecular complexity index is 286. The number of Topliss-reactive ketones (excluding diaryl/α,β-unsaturated/α-hetero) is 1. The Hall–Kier alpha value is -0.900. The van der Waals surface area contributed by atoms with Crippen molar-refractivity contribution in [2.24, 2.45) is 11.8 Å². The molecule has 0 radical (unpaired) electrons. The summed E-state index contributed by atoms with van der Waals surface area (Å²) in [5, 5.41) is 0. The number of likely N-dealkylation sites (tertiary alicyclic amines) is 1. The molecular formula is C12H19NO3. The first kappa shape index (κ1) is 11.6. The molecular weight excluding hydrogens is 206 g/mol. The molecule has 0 N–H and O–H groups in total. The Labute approximate surface area is 95.9 Å². The summed E-state index contributed by atoms with van der Waals surface area (Å²) in [5.74, 6) is -0.0259. The Morgan fingerprint density at radius 2 is 2.25 bits per heavy atom. The fraction of sp³-hybridized carbons (Fsp3) is 0.833. The SMILES string of the molecule is CCOC(=O)C1CN(CC2CC2)CCC1=O. The molecule has 4 nitrogen and oxygen atoms in total. The Morgan fingerprint density at radius 1 is 1.50 bits per heavy atom. The average Bonchev–Trinajstić information content (AvgIpc) is 3.05. The van der Waals surface area contributed by atoms with Gasteiger partial charge in [-0.15, -0.1) is 0 Å². The van der Waals surface area contributed by atoms with E-state index in [-0.39, 0.29) is 11.8 Å². The van der Waals surface area contributed by atoms with Crippen LogP contribution in [0.15, 0.2) is 0 Å². The lowest BCUT2D eigenvalue weighted by molar-refractivity contribution is -0.154. The third-order valence-electron chi connectivity index (χ3n) is 3.29. The normalized spacial score (nSPS) is 26.8. The van der Waals surface area contributed by atoms with Crippen molar-refractivity contribution in [3.8, 4) is 0 Å². The summed E-state index contributed by atoms with van der Waals surface area (Å²) < 4.78 is 4.93. The minimum atomic E-state index is -0.535. The molecule has 1 atom stereocenters. The standard InChI is InChI=1S/C12H19NO3/c1-2-16-12(15)10-8-13(6-5-11(10)14)7-9-3-4-9/h9-10H,2-8H2,1H3. The first-order chi connectivity index (χ1) is 7.70. The largest absolute Gasteiger partial charge is 0.465 e. The van der Waals surface area contributed by atoms with E-state index in [4.69, 9.17) is 4.74 Å². The Kier molecular flexibility index (Phi) is 3.59. The molecule has 1 aliphatic carbocycles. The van der Waals surface area contributed by atoms with Gasteiger partial charge in [0.1, 0.15) is 11.7 Å². The predicted octanol–water partition coefficient (Wildman–Crippen LogP) is 0.851. The Balaban J connectivity index is 1.88. The molecule has 0 amide bonds. The van der Waals surface area contributed by atoms with E-state index in [9.17, 15) is 9.59 Å². The van der Waals surface area contributed by atoms with E-state index in [1.165, 1.54) is 12.8 Å². The monoisotopic (exact) mass is 225 g/mol. The van der Waals surface area contributed by atoms with Crippen LogP contribution in [0.3, 0.4) is 0 Å². The number of ether oxygens (including phenoxy) is 1. The molecule has 2 aliphatic rings. The predicted molar refractivity (Wildman–Crippen MR) is 58.9 cm³/mol. The molecule has 0 spiro atoms. The van der Waals surface area contributed by atoms with Crippen LogP contribution in [-0.2, 0) is 14.3 Å². The van der Waals surface area contributed by atoms with E-state index < -0.39 is 5.92 Å². The van der Waals surface area contributed by atoms with Gasteiger partial charge in [-0.1, -0.05) is 0 Å². The van der Waals surface area contributed by atoms with Crippen molar-refractivity contribution in [1.82, 2.24) is 4.90 Å². The molecule has 90 valence electrons. The van der Waals surface area contributed by atoms with Crippen molar-refractivity contribution >= 4 is 11.8 Å². The second-order valence-corrected chi connectivity index (χ2v) is 4.72. The van der Waals surface area contributed by atoms with Crippen molar-refractivity contribution in [2.45, 2.75) is 26.2 Å². The van der Waals surface area contributed by atoms with Crippen LogP contribution in [0.1, 0.15) is 26.2 Å². The smallest absolute Gasteiger partial charge is 0.317 e. The molecule has 1 aliphatic heterocycles. The number of piperidine rings is 1. The summed E-state index contributed by atoms with van der Waals surface area (Å²) in [6.07, 6.45) is 3.10. The highest BCUT2D eigenvalue weighted by atomic mass is 16.5. The molecule has 2 rings (SSSR count). The van der Waals surface area contributed by atoms with Gasteiger partial charge in [0.05, 0.1) is 6.61 Å². The summed E-state index contributed by atoms with van der Waals surface area (Å²) >= 11 is 0. The van der Waals surface area contributed by atoms with Crippen LogP contribution in [0, 0.1) is 11.8 Å². The molecule has 1 saturated heterocycles. The van der Waals surface area contributed by atoms with E-state index in [1.807, 2.05) is 0 Å². The molecule has 2 fully saturated rings. The van der Waals surface area contributed by atoms with Gasteiger partial charge in [-0.05, 0) is 25.7 Å². The highest BCUT2D eigenvalue weighted by molar-refractivity contribution is 5.99. The van der Waals surface area contributed by atoms with Gasteiger partial charge in [-0.25, -0.2) is 0 Å². The first-order valence-electron chi connectivity index (χ1n) is 6.12. The van der Waals surface area contributed by atoms with Crippen molar-refractivity contribution in [1.29, 1.82) is 0 Å². The molecule has 1 saturated carbocycles. The Morgan fingerprint density at radius 3 is 2.88 bits per heavy atom. The van der Waals surface area contributed by atoms with Gasteiger partial charge in [0, 0.05) is 26.1 Å². The minimum absolute atomic E-state index is 0.0468. The molecule has 0 aromatic heterocycles. The maximum absolute atomic E-state index is 11.6. The van der Waals surface area contributed by atoms with Crippen molar-refractivity contribution in [3.63, 3.8) is 0 Å². The molecule has 0 aromatic carbocycles. The molecule has 0 bridgehead atoms. The average molecular weight is 225 g/mol. The summed E-state index contributed by atoms with van der Waals surface area (Å²) in [6.45, 7) is 4.54. The van der Waals surface area contributed by atoms with Crippen molar-refractivity contribution < 1.29 is 14.3 Å². The third kappa shape index (κ3) is 2.82. The maximum Gasteiger partial charge on any atom is 0.317 e. The van der Waals surface area contributed by atoms with Gasteiger partial charge in [-0.2, -0.15) is 0 Å². The molecule has 0 aromatic rings. The zero-order valence-corrected chi connectivity index (χ0v) is 9.78. The van der Waals surface area contributed by atoms with Crippen molar-refractivity contribution in [2.75, 3.05) is 26.2 Å². The fourth-order valence-corrected chi connectivity index (χ4v) is 2.17. The number of rotatable bonds is 4. The quantitative estimate of drug-likeness (QED) is 0.525. The summed E-state index contributed by atoms with van der Waals surface area (Å²) in [6, 6.07) is 0. The molecule has 1 heterocycles. The topological polar surface area (TPSA) is 46.6 Å². The van der Waals surface area contributed by atoms with Gasteiger partial charge in [-0.3, -0.25) is 9.59 Å². The third-order valence-corrected chi connectivity index (χ3v) is 3.29. The number of nitrogens with zero attached hydrogens (tertiary/aromatic N) is 1. The second kappa shape index (κ2) is 4.95. The highest BCUT2D eigenvalue weighted by Crippen LogP contribution is 2.30. The van der Waals surface area contributed by atoms with Crippen LogP contribution in [0.5, 0.6) is 0 Å². The zero-order chi connectivity index (χ0) is 11.5. The highest BCUT2D eigenvalue weighted by Gasteiger charge is 2.35. The van der Waals surface area contributed by atoms with Crippen LogP contribution in [0.2, 0.25) is 0 Å². The van der Waals surface area contributed by atoms with E-state index in [2.05, 4.69) is 4.90 Å². The lowest BCUT2D eigenvalue weighted by atomic mass is 9.96. The minimum Gasteiger partial charge on any atom is -0.465 e. The number of ketones is 1.